The zero-order chi connectivity index (χ0) is 32.9. The third-order valence-corrected chi connectivity index (χ3v) is 8.13. The Morgan fingerprint density at radius 2 is 1.80 bits per heavy atom. The van der Waals surface area contributed by atoms with Gasteiger partial charge in [0.2, 0.25) is 5.91 Å². The summed E-state index contributed by atoms with van der Waals surface area (Å²) in [6.07, 6.45) is 1.15. The minimum atomic E-state index is -0.635. The average molecular weight is 621 g/mol. The normalized spacial score (nSPS) is 17.9. The molecule has 45 heavy (non-hydrogen) atoms. The predicted molar refractivity (Wildman–Crippen MR) is 173 cm³/mol. The molecule has 2 aliphatic heterocycles. The van der Waals surface area contributed by atoms with Crippen molar-refractivity contribution in [3.63, 3.8) is 0 Å². The van der Waals surface area contributed by atoms with E-state index in [0.29, 0.717) is 30.8 Å². The molecule has 244 valence electrons. The van der Waals surface area contributed by atoms with Gasteiger partial charge in [0.25, 0.3) is 5.91 Å². The lowest BCUT2D eigenvalue weighted by Gasteiger charge is -2.42. The van der Waals surface area contributed by atoms with Gasteiger partial charge >= 0.3 is 12.2 Å². The van der Waals surface area contributed by atoms with Crippen LogP contribution in [0.15, 0.2) is 48.5 Å². The molecule has 2 aromatic rings. The second-order valence-electron chi connectivity index (χ2n) is 13.9. The number of alkyl carbamates (subject to hydrolysis) is 1. The van der Waals surface area contributed by atoms with E-state index >= 15 is 0 Å². The topological polar surface area (TPSA) is 108 Å². The van der Waals surface area contributed by atoms with Crippen molar-refractivity contribution in [2.45, 2.75) is 92.0 Å². The van der Waals surface area contributed by atoms with Gasteiger partial charge in [0.15, 0.2) is 0 Å². The van der Waals surface area contributed by atoms with E-state index in [-0.39, 0.29) is 49.7 Å². The number of rotatable bonds is 8. The zero-order valence-electron chi connectivity index (χ0n) is 27.7. The summed E-state index contributed by atoms with van der Waals surface area (Å²) >= 11 is 0. The molecule has 2 aliphatic rings. The quantitative estimate of drug-likeness (QED) is 0.401. The van der Waals surface area contributed by atoms with Crippen LogP contribution in [-0.4, -0.2) is 77.7 Å². The maximum Gasteiger partial charge on any atom is 0.410 e. The van der Waals surface area contributed by atoms with Crippen molar-refractivity contribution in [1.29, 1.82) is 0 Å². The van der Waals surface area contributed by atoms with Crippen molar-refractivity contribution in [3.8, 4) is 0 Å². The number of benzene rings is 2. The Labute approximate surface area is 267 Å². The molecular formula is C35H48N4O6. The van der Waals surface area contributed by atoms with Crippen molar-refractivity contribution in [1.82, 2.24) is 15.1 Å². The van der Waals surface area contributed by atoms with Gasteiger partial charge in [0, 0.05) is 48.9 Å². The number of fused-ring (bicyclic) bond motifs is 1. The highest BCUT2D eigenvalue weighted by atomic mass is 16.6. The van der Waals surface area contributed by atoms with Crippen molar-refractivity contribution < 1.29 is 28.7 Å². The maximum absolute atomic E-state index is 14.1. The van der Waals surface area contributed by atoms with Gasteiger partial charge in [0.1, 0.15) is 12.2 Å². The van der Waals surface area contributed by atoms with Gasteiger partial charge in [0.05, 0.1) is 6.04 Å². The van der Waals surface area contributed by atoms with Crippen LogP contribution < -0.4 is 10.2 Å². The monoisotopic (exact) mass is 620 g/mol. The van der Waals surface area contributed by atoms with Gasteiger partial charge < -0.3 is 29.5 Å². The van der Waals surface area contributed by atoms with Crippen LogP contribution in [0.5, 0.6) is 0 Å². The molecule has 1 N–H and O–H groups in total. The van der Waals surface area contributed by atoms with Crippen LogP contribution in [-0.2, 0) is 27.3 Å². The Balaban J connectivity index is 1.49. The van der Waals surface area contributed by atoms with E-state index in [4.69, 9.17) is 9.47 Å². The van der Waals surface area contributed by atoms with E-state index in [0.717, 1.165) is 24.0 Å². The number of likely N-dealkylation sites (tertiary alicyclic amines) is 1. The maximum atomic E-state index is 14.1. The number of ether oxygens (including phenoxy) is 2. The smallest absolute Gasteiger partial charge is 0.410 e. The summed E-state index contributed by atoms with van der Waals surface area (Å²) in [4.78, 5) is 58.1. The van der Waals surface area contributed by atoms with Gasteiger partial charge in [-0.15, -0.1) is 0 Å². The van der Waals surface area contributed by atoms with Crippen molar-refractivity contribution in [2.24, 2.45) is 5.41 Å². The molecule has 0 unspecified atom stereocenters. The Bertz CT molecular complexity index is 1380. The fraction of sp³-hybridized carbons (Fsp3) is 0.543. The number of nitrogens with one attached hydrogen (secondary N) is 1. The largest absolute Gasteiger partial charge is 0.445 e. The number of amides is 4. The first-order valence-corrected chi connectivity index (χ1v) is 15.9. The molecule has 1 atom stereocenters. The number of hydrogen-bond acceptors (Lipinski definition) is 6. The first-order chi connectivity index (χ1) is 21.2. The predicted octanol–water partition coefficient (Wildman–Crippen LogP) is 5.78. The van der Waals surface area contributed by atoms with Gasteiger partial charge in [-0.05, 0) is 77.1 Å². The van der Waals surface area contributed by atoms with Gasteiger partial charge in [-0.3, -0.25) is 9.59 Å². The van der Waals surface area contributed by atoms with E-state index in [1.54, 1.807) is 15.9 Å². The summed E-state index contributed by atoms with van der Waals surface area (Å²) in [5.41, 5.74) is 1.76. The number of nitrogens with zero attached hydrogens (tertiary/aromatic N) is 3. The molecular weight excluding hydrogens is 572 g/mol. The summed E-state index contributed by atoms with van der Waals surface area (Å²) in [6, 6.07) is 14.7. The molecule has 2 heterocycles. The number of carbonyl (C=O) groups is 4. The van der Waals surface area contributed by atoms with Crippen molar-refractivity contribution >= 4 is 29.7 Å². The summed E-state index contributed by atoms with van der Waals surface area (Å²) in [7, 11) is 0. The highest BCUT2D eigenvalue weighted by Gasteiger charge is 2.40. The van der Waals surface area contributed by atoms with E-state index < -0.39 is 17.1 Å². The van der Waals surface area contributed by atoms with E-state index in [2.05, 4.69) is 5.32 Å². The van der Waals surface area contributed by atoms with Crippen LogP contribution in [0.4, 0.5) is 15.3 Å². The Morgan fingerprint density at radius 1 is 1.09 bits per heavy atom. The fourth-order valence-corrected chi connectivity index (χ4v) is 6.04. The van der Waals surface area contributed by atoms with Crippen LogP contribution in [0.3, 0.4) is 0 Å². The Morgan fingerprint density at radius 3 is 2.47 bits per heavy atom. The van der Waals surface area contributed by atoms with E-state index in [9.17, 15) is 19.2 Å². The van der Waals surface area contributed by atoms with Crippen LogP contribution in [0, 0.1) is 5.41 Å². The molecule has 0 aromatic heterocycles. The Kier molecular flexibility index (Phi) is 10.5. The van der Waals surface area contributed by atoms with Gasteiger partial charge in [-0.25, -0.2) is 9.59 Å². The van der Waals surface area contributed by atoms with Gasteiger partial charge in [-0.1, -0.05) is 50.2 Å². The summed E-state index contributed by atoms with van der Waals surface area (Å²) in [5.74, 6) is -0.219. The van der Waals surface area contributed by atoms with Crippen molar-refractivity contribution in [2.75, 3.05) is 31.1 Å². The van der Waals surface area contributed by atoms with Crippen LogP contribution in [0.1, 0.15) is 82.8 Å². The van der Waals surface area contributed by atoms with Crippen LogP contribution in [0.2, 0.25) is 0 Å². The SMILES string of the molecule is CC(C)N(C(=O)c1ccc2c(c1)N(CCNC(=O)OCc1ccccc1)C(=O)C(C)(C)C2)[C@@H]1CCCN(C(=O)OC(C)(C)C)C1. The number of hydrogen-bond donors (Lipinski definition) is 1. The molecule has 0 radical (unpaired) electrons. The first-order valence-electron chi connectivity index (χ1n) is 15.9. The van der Waals surface area contributed by atoms with E-state index in [1.165, 1.54) is 0 Å². The first kappa shape index (κ1) is 33.8. The molecule has 4 amide bonds. The molecule has 10 nitrogen and oxygen atoms in total. The second kappa shape index (κ2) is 13.9. The minimum absolute atomic E-state index is 0.0694. The molecule has 1 saturated heterocycles. The minimum Gasteiger partial charge on any atom is -0.445 e. The molecule has 0 bridgehead atoms. The third-order valence-electron chi connectivity index (χ3n) is 8.13. The molecule has 0 saturated carbocycles. The highest BCUT2D eigenvalue weighted by Crippen LogP contribution is 2.38. The lowest BCUT2D eigenvalue weighted by atomic mass is 9.80. The fourth-order valence-electron chi connectivity index (χ4n) is 6.04. The zero-order valence-corrected chi connectivity index (χ0v) is 27.7. The van der Waals surface area contributed by atoms with E-state index in [1.807, 2.05) is 95.8 Å². The van der Waals surface area contributed by atoms with Crippen LogP contribution in [0.25, 0.3) is 0 Å². The molecule has 2 aromatic carbocycles. The number of anilines is 1. The van der Waals surface area contributed by atoms with Gasteiger partial charge in [-0.2, -0.15) is 0 Å². The van der Waals surface area contributed by atoms with Crippen LogP contribution >= 0.6 is 0 Å². The second-order valence-corrected chi connectivity index (χ2v) is 13.9. The standard InChI is InChI=1S/C35H48N4O6/c1-24(2)39(28-14-11-18-37(22-28)33(43)45-34(3,4)5)30(40)26-15-16-27-21-35(6,7)31(41)38(29(27)20-26)19-17-36-32(42)44-23-25-12-9-8-10-13-25/h8-10,12-13,15-16,20,24,28H,11,14,17-19,21-23H2,1-7H3,(H,36,42)/t28-/m1/s1. The molecule has 4 rings (SSSR count). The summed E-state index contributed by atoms with van der Waals surface area (Å²) < 4.78 is 10.9. The third kappa shape index (κ3) is 8.55. The molecule has 1 fully saturated rings. The average Bonchev–Trinajstić information content (AvgIpc) is 2.97. The highest BCUT2D eigenvalue weighted by molar-refractivity contribution is 6.02. The number of carbonyl (C=O) groups excluding carboxylic acids is 4. The molecule has 0 spiro atoms. The molecule has 0 aliphatic carbocycles. The summed E-state index contributed by atoms with van der Waals surface area (Å²) in [5, 5.41) is 2.75. The van der Waals surface area contributed by atoms with Crippen molar-refractivity contribution in [3.05, 3.63) is 65.2 Å². The summed E-state index contributed by atoms with van der Waals surface area (Å²) in [6.45, 7) is 14.9. The molecule has 10 heteroatoms. The number of piperidine rings is 1. The lowest BCUT2D eigenvalue weighted by molar-refractivity contribution is -0.127. The lowest BCUT2D eigenvalue weighted by Crippen LogP contribution is -2.54. The Hall–Kier alpha value is -4.08.